The van der Waals surface area contributed by atoms with Crippen molar-refractivity contribution in [3.05, 3.63) is 47.5 Å². The van der Waals surface area contributed by atoms with Crippen LogP contribution in [-0.4, -0.2) is 57.3 Å². The van der Waals surface area contributed by atoms with Crippen molar-refractivity contribution < 1.29 is 0 Å². The molecule has 2 fully saturated rings. The molecule has 2 saturated heterocycles. The lowest BCUT2D eigenvalue weighted by Gasteiger charge is -2.32. The van der Waals surface area contributed by atoms with Gasteiger partial charge in [0.15, 0.2) is 0 Å². The van der Waals surface area contributed by atoms with Gasteiger partial charge in [0.25, 0.3) is 0 Å². The summed E-state index contributed by atoms with van der Waals surface area (Å²) in [5, 5.41) is 9.17. The van der Waals surface area contributed by atoms with Crippen molar-refractivity contribution in [1.29, 1.82) is 0 Å². The zero-order chi connectivity index (χ0) is 18.5. The number of aromatic nitrogens is 3. The summed E-state index contributed by atoms with van der Waals surface area (Å²) in [7, 11) is 2.16. The standard InChI is InChI=1S/C22H33N5/c1-25-21(18-26-13-6-3-7-14-26)23-24-22(25)20-11-8-15-27(17-20)16-12-19-9-4-2-5-10-19/h2,4-5,9-10,20H,3,6-8,11-18H2,1H3/t20-/m1/s1. The molecule has 2 aromatic rings. The number of hydrogen-bond donors (Lipinski definition) is 0. The van der Waals surface area contributed by atoms with Gasteiger partial charge in [0.1, 0.15) is 11.6 Å². The van der Waals surface area contributed by atoms with Crippen LogP contribution in [-0.2, 0) is 20.0 Å². The Morgan fingerprint density at radius 1 is 0.926 bits per heavy atom. The molecule has 0 unspecified atom stereocenters. The monoisotopic (exact) mass is 367 g/mol. The van der Waals surface area contributed by atoms with Crippen LogP contribution < -0.4 is 0 Å². The number of nitrogens with zero attached hydrogens (tertiary/aromatic N) is 5. The van der Waals surface area contributed by atoms with Crippen LogP contribution in [0.5, 0.6) is 0 Å². The van der Waals surface area contributed by atoms with Crippen LogP contribution in [0.4, 0.5) is 0 Å². The quantitative estimate of drug-likeness (QED) is 0.786. The maximum Gasteiger partial charge on any atom is 0.146 e. The molecule has 1 atom stereocenters. The molecule has 5 nitrogen and oxygen atoms in total. The van der Waals surface area contributed by atoms with Crippen molar-refractivity contribution >= 4 is 0 Å². The Bertz CT molecular complexity index is 705. The van der Waals surface area contributed by atoms with Gasteiger partial charge in [-0.25, -0.2) is 0 Å². The normalized spacial score (nSPS) is 22.2. The number of likely N-dealkylation sites (tertiary alicyclic amines) is 2. The van der Waals surface area contributed by atoms with Crippen LogP contribution >= 0.6 is 0 Å². The number of benzene rings is 1. The van der Waals surface area contributed by atoms with E-state index in [9.17, 15) is 0 Å². The molecule has 2 aliphatic heterocycles. The molecular weight excluding hydrogens is 334 g/mol. The highest BCUT2D eigenvalue weighted by Gasteiger charge is 2.26. The summed E-state index contributed by atoms with van der Waals surface area (Å²) in [4.78, 5) is 5.14. The van der Waals surface area contributed by atoms with Gasteiger partial charge in [-0.1, -0.05) is 36.8 Å². The van der Waals surface area contributed by atoms with E-state index in [4.69, 9.17) is 0 Å². The topological polar surface area (TPSA) is 37.2 Å². The van der Waals surface area contributed by atoms with Gasteiger partial charge in [0.05, 0.1) is 6.54 Å². The van der Waals surface area contributed by atoms with E-state index >= 15 is 0 Å². The van der Waals surface area contributed by atoms with Gasteiger partial charge in [-0.2, -0.15) is 0 Å². The summed E-state index contributed by atoms with van der Waals surface area (Å²) in [6, 6.07) is 10.8. The summed E-state index contributed by atoms with van der Waals surface area (Å²) >= 11 is 0. The summed E-state index contributed by atoms with van der Waals surface area (Å²) in [6.45, 7) is 6.83. The molecule has 4 rings (SSSR count). The van der Waals surface area contributed by atoms with E-state index in [1.54, 1.807) is 0 Å². The van der Waals surface area contributed by atoms with Gasteiger partial charge in [-0.15, -0.1) is 10.2 Å². The molecule has 0 amide bonds. The van der Waals surface area contributed by atoms with Crippen LogP contribution in [0.2, 0.25) is 0 Å². The van der Waals surface area contributed by atoms with Crippen molar-refractivity contribution in [2.24, 2.45) is 7.05 Å². The fourth-order valence-corrected chi connectivity index (χ4v) is 4.59. The van der Waals surface area contributed by atoms with E-state index in [1.807, 2.05) is 0 Å². The SMILES string of the molecule is Cn1c(CN2CCCCC2)nnc1[C@@H]1CCCN(CCc2ccccc2)C1. The second-order valence-corrected chi connectivity index (χ2v) is 8.25. The van der Waals surface area contributed by atoms with Crippen LogP contribution in [0, 0.1) is 0 Å². The average Bonchev–Trinajstić information content (AvgIpc) is 3.08. The Hall–Kier alpha value is -1.72. The van der Waals surface area contributed by atoms with Crippen LogP contribution in [0.1, 0.15) is 55.2 Å². The highest BCUT2D eigenvalue weighted by Crippen LogP contribution is 2.26. The average molecular weight is 368 g/mol. The Balaban J connectivity index is 1.35. The second kappa shape index (κ2) is 8.98. The molecule has 1 aromatic carbocycles. The number of rotatable bonds is 6. The molecule has 27 heavy (non-hydrogen) atoms. The largest absolute Gasteiger partial charge is 0.317 e. The highest BCUT2D eigenvalue weighted by atomic mass is 15.3. The first-order valence-corrected chi connectivity index (χ1v) is 10.7. The van der Waals surface area contributed by atoms with Crippen molar-refractivity contribution in [2.75, 3.05) is 32.7 Å². The maximum absolute atomic E-state index is 4.62. The first-order chi connectivity index (χ1) is 13.3. The van der Waals surface area contributed by atoms with E-state index in [0.717, 1.165) is 31.9 Å². The van der Waals surface area contributed by atoms with Crippen molar-refractivity contribution in [3.8, 4) is 0 Å². The minimum Gasteiger partial charge on any atom is -0.317 e. The highest BCUT2D eigenvalue weighted by molar-refractivity contribution is 5.15. The third-order valence-electron chi connectivity index (χ3n) is 6.24. The molecule has 0 bridgehead atoms. The lowest BCUT2D eigenvalue weighted by molar-refractivity contribution is 0.202. The summed E-state index contributed by atoms with van der Waals surface area (Å²) in [5.74, 6) is 2.84. The molecular formula is C22H33N5. The fraction of sp³-hybridized carbons (Fsp3) is 0.636. The van der Waals surface area contributed by atoms with Gasteiger partial charge < -0.3 is 9.47 Å². The van der Waals surface area contributed by atoms with E-state index in [-0.39, 0.29) is 0 Å². The Morgan fingerprint density at radius 2 is 1.70 bits per heavy atom. The Labute approximate surface area is 163 Å². The third kappa shape index (κ3) is 4.77. The summed E-state index contributed by atoms with van der Waals surface area (Å²) in [6.07, 6.45) is 7.65. The van der Waals surface area contributed by atoms with E-state index < -0.39 is 0 Å². The predicted octanol–water partition coefficient (Wildman–Crippen LogP) is 3.22. The smallest absolute Gasteiger partial charge is 0.146 e. The number of hydrogen-bond acceptors (Lipinski definition) is 4. The second-order valence-electron chi connectivity index (χ2n) is 8.25. The van der Waals surface area contributed by atoms with Gasteiger partial charge >= 0.3 is 0 Å². The van der Waals surface area contributed by atoms with Crippen LogP contribution in [0.25, 0.3) is 0 Å². The molecule has 0 aliphatic carbocycles. The minimum absolute atomic E-state index is 0.516. The Morgan fingerprint density at radius 3 is 2.52 bits per heavy atom. The molecule has 5 heteroatoms. The zero-order valence-corrected chi connectivity index (χ0v) is 16.7. The van der Waals surface area contributed by atoms with Crippen molar-refractivity contribution in [3.63, 3.8) is 0 Å². The molecule has 0 spiro atoms. The minimum atomic E-state index is 0.516. The first kappa shape index (κ1) is 18.6. The molecule has 0 saturated carbocycles. The van der Waals surface area contributed by atoms with Crippen LogP contribution in [0.15, 0.2) is 30.3 Å². The van der Waals surface area contributed by atoms with E-state index in [1.165, 1.54) is 63.1 Å². The molecule has 0 N–H and O–H groups in total. The van der Waals surface area contributed by atoms with Crippen molar-refractivity contribution in [1.82, 2.24) is 24.6 Å². The predicted molar refractivity (Wildman–Crippen MR) is 109 cm³/mol. The number of piperidine rings is 2. The maximum atomic E-state index is 4.62. The molecule has 146 valence electrons. The lowest BCUT2D eigenvalue weighted by Crippen LogP contribution is -2.36. The van der Waals surface area contributed by atoms with Gasteiger partial charge in [-0.05, 0) is 57.3 Å². The molecule has 2 aliphatic rings. The van der Waals surface area contributed by atoms with E-state index in [2.05, 4.69) is 61.9 Å². The van der Waals surface area contributed by atoms with Gasteiger partial charge in [0.2, 0.25) is 0 Å². The summed E-state index contributed by atoms with van der Waals surface area (Å²) < 4.78 is 2.28. The fourth-order valence-electron chi connectivity index (χ4n) is 4.59. The first-order valence-electron chi connectivity index (χ1n) is 10.7. The molecule has 1 aromatic heterocycles. The molecule has 0 radical (unpaired) electrons. The lowest BCUT2D eigenvalue weighted by atomic mass is 9.96. The summed E-state index contributed by atoms with van der Waals surface area (Å²) in [5.41, 5.74) is 1.43. The van der Waals surface area contributed by atoms with E-state index in [0.29, 0.717) is 5.92 Å². The third-order valence-corrected chi connectivity index (χ3v) is 6.24. The van der Waals surface area contributed by atoms with Gasteiger partial charge in [0, 0.05) is 26.1 Å². The van der Waals surface area contributed by atoms with Crippen molar-refractivity contribution in [2.45, 2.75) is 51.0 Å². The zero-order valence-electron chi connectivity index (χ0n) is 16.7. The van der Waals surface area contributed by atoms with Crippen LogP contribution in [0.3, 0.4) is 0 Å². The molecule has 3 heterocycles. The Kier molecular flexibility index (Phi) is 6.20. The van der Waals surface area contributed by atoms with Gasteiger partial charge in [-0.3, -0.25) is 4.90 Å².